The third-order valence-corrected chi connectivity index (χ3v) is 6.70. The van der Waals surface area contributed by atoms with Crippen molar-refractivity contribution < 1.29 is 9.90 Å². The van der Waals surface area contributed by atoms with E-state index in [1.807, 2.05) is 43.3 Å². The van der Waals surface area contributed by atoms with Crippen molar-refractivity contribution in [2.45, 2.75) is 67.5 Å². The van der Waals surface area contributed by atoms with Gasteiger partial charge in [0.05, 0.1) is 11.4 Å². The first-order valence-electron chi connectivity index (χ1n) is 12.8. The molecule has 2 N–H and O–H groups in total. The summed E-state index contributed by atoms with van der Waals surface area (Å²) in [6.07, 6.45) is 0. The molecule has 0 radical (unpaired) electrons. The van der Waals surface area contributed by atoms with Crippen LogP contribution in [0.15, 0.2) is 76.1 Å². The first-order valence-corrected chi connectivity index (χ1v) is 12.8. The summed E-state index contributed by atoms with van der Waals surface area (Å²) < 4.78 is 0. The molecule has 0 saturated carbocycles. The molecule has 0 atom stereocenters. The summed E-state index contributed by atoms with van der Waals surface area (Å²) in [5.41, 5.74) is 5.54. The van der Waals surface area contributed by atoms with Gasteiger partial charge < -0.3 is 20.2 Å². The van der Waals surface area contributed by atoms with Gasteiger partial charge in [0.2, 0.25) is 5.78 Å². The fraction of sp³-hybridized carbons (Fsp3) is 0.400. The van der Waals surface area contributed by atoms with Crippen molar-refractivity contribution in [3.05, 3.63) is 71.1 Å². The summed E-state index contributed by atoms with van der Waals surface area (Å²) in [7, 11) is 0. The van der Waals surface area contributed by atoms with Gasteiger partial charge in [-0.2, -0.15) is 0 Å². The third kappa shape index (κ3) is 5.64. The Bertz CT molecular complexity index is 1170. The number of allylic oxidation sites excluding steroid dienone is 2. The van der Waals surface area contributed by atoms with E-state index in [0.717, 1.165) is 30.2 Å². The molecule has 36 heavy (non-hydrogen) atoms. The SMILES string of the molecule is CCN(c1ccc(N=C2C(=O)C(C)=C(O)C(Nc3ccc(N(CC)C(C)C)cc3)=C2C)cc1)C(C)C. The van der Waals surface area contributed by atoms with E-state index in [0.29, 0.717) is 34.8 Å². The Labute approximate surface area is 216 Å². The van der Waals surface area contributed by atoms with Crippen molar-refractivity contribution in [1.82, 2.24) is 0 Å². The number of hydrogen-bond donors (Lipinski definition) is 2. The molecule has 0 aliphatic heterocycles. The van der Waals surface area contributed by atoms with E-state index in [2.05, 4.69) is 68.8 Å². The maximum absolute atomic E-state index is 13.1. The van der Waals surface area contributed by atoms with Crippen molar-refractivity contribution in [2.24, 2.45) is 4.99 Å². The lowest BCUT2D eigenvalue weighted by molar-refractivity contribution is -0.109. The van der Waals surface area contributed by atoms with E-state index in [9.17, 15) is 9.90 Å². The van der Waals surface area contributed by atoms with E-state index in [4.69, 9.17) is 4.99 Å². The van der Waals surface area contributed by atoms with Crippen LogP contribution in [0.2, 0.25) is 0 Å². The van der Waals surface area contributed by atoms with Gasteiger partial charge in [0.15, 0.2) is 0 Å². The minimum absolute atomic E-state index is 0.0382. The highest BCUT2D eigenvalue weighted by Gasteiger charge is 2.29. The van der Waals surface area contributed by atoms with Crippen LogP contribution in [0.4, 0.5) is 22.7 Å². The lowest BCUT2D eigenvalue weighted by Gasteiger charge is -2.28. The van der Waals surface area contributed by atoms with E-state index in [1.54, 1.807) is 6.92 Å². The second kappa shape index (κ2) is 11.5. The molecule has 0 fully saturated rings. The summed E-state index contributed by atoms with van der Waals surface area (Å²) in [4.78, 5) is 22.4. The fourth-order valence-corrected chi connectivity index (χ4v) is 4.65. The Balaban J connectivity index is 1.92. The highest BCUT2D eigenvalue weighted by molar-refractivity contribution is 6.52. The number of rotatable bonds is 9. The number of carbonyl (C=O) groups is 1. The molecule has 0 aromatic heterocycles. The second-order valence-electron chi connectivity index (χ2n) is 9.71. The molecule has 0 heterocycles. The largest absolute Gasteiger partial charge is 0.505 e. The smallest absolute Gasteiger partial charge is 0.211 e. The molecule has 0 amide bonds. The number of hydrogen-bond acceptors (Lipinski definition) is 6. The number of aliphatic hydroxyl groups excluding tert-OH is 1. The number of ketones is 1. The summed E-state index contributed by atoms with van der Waals surface area (Å²) >= 11 is 0. The van der Waals surface area contributed by atoms with E-state index < -0.39 is 0 Å². The van der Waals surface area contributed by atoms with Crippen molar-refractivity contribution in [3.63, 3.8) is 0 Å². The molecule has 6 nitrogen and oxygen atoms in total. The van der Waals surface area contributed by atoms with E-state index in [-0.39, 0.29) is 17.1 Å². The topological polar surface area (TPSA) is 68.2 Å². The first-order chi connectivity index (χ1) is 17.1. The number of Topliss-reactive ketones (excluding diaryl/α,β-unsaturated/α-hetero) is 1. The monoisotopic (exact) mass is 488 g/mol. The predicted octanol–water partition coefficient (Wildman–Crippen LogP) is 7.03. The molecule has 2 aromatic carbocycles. The standard InChI is InChI=1S/C30H40N4O2/c1-9-33(19(3)4)25-15-11-23(12-16-25)31-27-21(7)28(30(36)22(8)29(27)35)32-24-13-17-26(18-14-24)34(10-2)20(5)6/h11-20,31,35H,9-10H2,1-8H3. The average molecular weight is 489 g/mol. The molecule has 0 spiro atoms. The molecule has 3 rings (SSSR count). The molecular formula is C30H40N4O2. The molecule has 1 aliphatic rings. The molecule has 192 valence electrons. The molecular weight excluding hydrogens is 448 g/mol. The normalized spacial score (nSPS) is 15.4. The van der Waals surface area contributed by atoms with Gasteiger partial charge in [-0.05, 0) is 104 Å². The maximum Gasteiger partial charge on any atom is 0.211 e. The van der Waals surface area contributed by atoms with Crippen LogP contribution >= 0.6 is 0 Å². The zero-order valence-corrected chi connectivity index (χ0v) is 22.9. The Kier molecular flexibility index (Phi) is 8.62. The molecule has 2 aromatic rings. The second-order valence-corrected chi connectivity index (χ2v) is 9.71. The summed E-state index contributed by atoms with van der Waals surface area (Å²) in [6.45, 7) is 18.3. The number of aliphatic imine (C=N–C) groups is 1. The van der Waals surface area contributed by atoms with Gasteiger partial charge in [-0.15, -0.1) is 0 Å². The minimum Gasteiger partial charge on any atom is -0.505 e. The number of nitrogens with zero attached hydrogens (tertiary/aromatic N) is 3. The van der Waals surface area contributed by atoms with Gasteiger partial charge in [-0.1, -0.05) is 0 Å². The number of benzene rings is 2. The lowest BCUT2D eigenvalue weighted by atomic mass is 9.92. The summed E-state index contributed by atoms with van der Waals surface area (Å²) in [5, 5.41) is 14.1. The zero-order valence-electron chi connectivity index (χ0n) is 22.9. The first kappa shape index (κ1) is 27.1. The highest BCUT2D eigenvalue weighted by Crippen LogP contribution is 2.30. The van der Waals surface area contributed by atoms with Crippen molar-refractivity contribution >= 4 is 34.2 Å². The number of nitrogens with one attached hydrogen (secondary N) is 1. The van der Waals surface area contributed by atoms with Gasteiger partial charge >= 0.3 is 0 Å². The number of anilines is 3. The Morgan fingerprint density at radius 3 is 1.72 bits per heavy atom. The molecule has 0 bridgehead atoms. The van der Waals surface area contributed by atoms with E-state index >= 15 is 0 Å². The quantitative estimate of drug-likeness (QED) is 0.371. The van der Waals surface area contributed by atoms with Crippen LogP contribution in [0.5, 0.6) is 0 Å². The number of aliphatic hydroxyl groups is 1. The van der Waals surface area contributed by atoms with Crippen LogP contribution in [0.1, 0.15) is 55.4 Å². The molecule has 1 aliphatic carbocycles. The lowest BCUT2D eigenvalue weighted by Crippen LogP contribution is -2.30. The van der Waals surface area contributed by atoms with Gasteiger partial charge in [0.1, 0.15) is 11.5 Å². The maximum atomic E-state index is 13.1. The van der Waals surface area contributed by atoms with Crippen molar-refractivity contribution in [1.29, 1.82) is 0 Å². The van der Waals surface area contributed by atoms with E-state index in [1.165, 1.54) is 0 Å². The Morgan fingerprint density at radius 1 is 0.806 bits per heavy atom. The molecule has 0 saturated heterocycles. The van der Waals surface area contributed by atoms with Crippen LogP contribution in [0.25, 0.3) is 0 Å². The Hall–Kier alpha value is -3.54. The predicted molar refractivity (Wildman–Crippen MR) is 153 cm³/mol. The Morgan fingerprint density at radius 2 is 1.28 bits per heavy atom. The van der Waals surface area contributed by atoms with Gasteiger partial charge in [0.25, 0.3) is 0 Å². The summed E-state index contributed by atoms with van der Waals surface area (Å²) in [5.74, 6) is -0.299. The van der Waals surface area contributed by atoms with Gasteiger partial charge in [-0.3, -0.25) is 4.79 Å². The van der Waals surface area contributed by atoms with Crippen molar-refractivity contribution in [2.75, 3.05) is 28.2 Å². The van der Waals surface area contributed by atoms with Crippen LogP contribution in [0, 0.1) is 0 Å². The summed E-state index contributed by atoms with van der Waals surface area (Å²) in [6, 6.07) is 16.8. The minimum atomic E-state index is -0.261. The number of carbonyl (C=O) groups excluding carboxylic acids is 1. The van der Waals surface area contributed by atoms with Crippen LogP contribution in [-0.2, 0) is 4.79 Å². The molecule has 0 unspecified atom stereocenters. The average Bonchev–Trinajstić information content (AvgIpc) is 2.85. The molecule has 6 heteroatoms. The van der Waals surface area contributed by atoms with Crippen LogP contribution < -0.4 is 15.1 Å². The third-order valence-electron chi connectivity index (χ3n) is 6.70. The fourth-order valence-electron chi connectivity index (χ4n) is 4.65. The van der Waals surface area contributed by atoms with Crippen LogP contribution in [0.3, 0.4) is 0 Å². The zero-order chi connectivity index (χ0) is 26.6. The van der Waals surface area contributed by atoms with Gasteiger partial charge in [0, 0.05) is 53.4 Å². The van der Waals surface area contributed by atoms with Gasteiger partial charge in [-0.25, -0.2) is 4.99 Å². The highest BCUT2D eigenvalue weighted by atomic mass is 16.3. The van der Waals surface area contributed by atoms with Crippen LogP contribution in [-0.4, -0.2) is 41.8 Å². The van der Waals surface area contributed by atoms with Crippen molar-refractivity contribution in [3.8, 4) is 0 Å².